The Balaban J connectivity index is 2.24. The monoisotopic (exact) mass is 306 g/mol. The van der Waals surface area contributed by atoms with Crippen molar-refractivity contribution in [2.45, 2.75) is 18.0 Å². The van der Waals surface area contributed by atoms with Crippen LogP contribution in [0.25, 0.3) is 0 Å². The smallest absolute Gasteiger partial charge is 0.107 e. The summed E-state index contributed by atoms with van der Waals surface area (Å²) in [5.41, 5.74) is 1.10. The lowest BCUT2D eigenvalue weighted by atomic mass is 9.76. The van der Waals surface area contributed by atoms with E-state index in [0.717, 1.165) is 10.0 Å². The lowest BCUT2D eigenvalue weighted by Crippen LogP contribution is -2.63. The maximum absolute atomic E-state index is 9.49. The van der Waals surface area contributed by atoms with Crippen LogP contribution in [-0.4, -0.2) is 35.2 Å². The van der Waals surface area contributed by atoms with Gasteiger partial charge in [0.15, 0.2) is 0 Å². The molecule has 0 unspecified atom stereocenters. The van der Waals surface area contributed by atoms with Crippen molar-refractivity contribution in [3.8, 4) is 6.07 Å². The van der Waals surface area contributed by atoms with Crippen LogP contribution >= 0.6 is 15.9 Å². The Kier molecular flexibility index (Phi) is 4.18. The lowest BCUT2D eigenvalue weighted by Gasteiger charge is -2.51. The molecule has 3 atom stereocenters. The second-order valence-electron chi connectivity index (χ2n) is 4.39. The first-order valence-corrected chi connectivity index (χ1v) is 6.64. The number of aliphatic hydroxyl groups is 1. The van der Waals surface area contributed by atoms with E-state index in [2.05, 4.69) is 28.6 Å². The van der Waals surface area contributed by atoms with Crippen LogP contribution in [0.4, 0.5) is 0 Å². The summed E-state index contributed by atoms with van der Waals surface area (Å²) in [5, 5.41) is 18.8. The molecule has 94 valence electrons. The van der Waals surface area contributed by atoms with Crippen LogP contribution < -0.4 is 0 Å². The van der Waals surface area contributed by atoms with Crippen molar-refractivity contribution in [2.75, 3.05) is 13.2 Å². The summed E-state index contributed by atoms with van der Waals surface area (Å²) in [6, 6.07) is 10.1. The van der Waals surface area contributed by atoms with Crippen molar-refractivity contribution >= 4 is 15.9 Å². The first kappa shape index (κ1) is 13.3. The lowest BCUT2D eigenvalue weighted by molar-refractivity contribution is -0.00730. The van der Waals surface area contributed by atoms with Gasteiger partial charge in [-0.3, -0.25) is 4.90 Å². The normalized spacial score (nSPS) is 27.3. The Bertz CT molecular complexity index is 466. The van der Waals surface area contributed by atoms with Crippen LogP contribution in [0.15, 0.2) is 41.4 Å². The number of rotatable bonds is 4. The molecule has 0 aliphatic carbocycles. The third-order valence-electron chi connectivity index (χ3n) is 3.45. The van der Waals surface area contributed by atoms with Crippen LogP contribution in [0, 0.1) is 11.3 Å². The minimum atomic E-state index is -0.179. The maximum atomic E-state index is 9.49. The van der Waals surface area contributed by atoms with Crippen LogP contribution in [0.5, 0.6) is 0 Å². The van der Waals surface area contributed by atoms with Crippen molar-refractivity contribution in [2.24, 2.45) is 0 Å². The first-order chi connectivity index (χ1) is 8.72. The number of likely N-dealkylation sites (tertiary alicyclic amines) is 1. The molecule has 0 amide bonds. The Morgan fingerprint density at radius 2 is 2.11 bits per heavy atom. The molecule has 1 heterocycles. The summed E-state index contributed by atoms with van der Waals surface area (Å²) in [6.07, 6.45) is 1.77. The number of hydrogen-bond donors (Lipinski definition) is 1. The van der Waals surface area contributed by atoms with Crippen molar-refractivity contribution in [3.05, 3.63) is 47.0 Å². The molecule has 0 spiro atoms. The summed E-state index contributed by atoms with van der Waals surface area (Å²) in [4.78, 5) is 1.99. The van der Waals surface area contributed by atoms with Gasteiger partial charge in [0.25, 0.3) is 0 Å². The minimum absolute atomic E-state index is 0.00817. The highest BCUT2D eigenvalue weighted by atomic mass is 79.9. The number of nitriles is 1. The average Bonchev–Trinajstić information content (AvgIpc) is 2.37. The molecule has 1 aliphatic rings. The van der Waals surface area contributed by atoms with Gasteiger partial charge in [0.1, 0.15) is 6.04 Å². The zero-order valence-corrected chi connectivity index (χ0v) is 11.5. The van der Waals surface area contributed by atoms with Crippen molar-refractivity contribution in [3.63, 3.8) is 0 Å². The van der Waals surface area contributed by atoms with Gasteiger partial charge in [-0.1, -0.05) is 34.1 Å². The fraction of sp³-hybridized carbons (Fsp3) is 0.357. The van der Waals surface area contributed by atoms with E-state index in [-0.39, 0.29) is 24.6 Å². The van der Waals surface area contributed by atoms with E-state index in [1.54, 1.807) is 6.08 Å². The molecule has 3 nitrogen and oxygen atoms in total. The number of aliphatic hydroxyl groups excluding tert-OH is 1. The third kappa shape index (κ3) is 2.22. The van der Waals surface area contributed by atoms with Crippen LogP contribution in [-0.2, 0) is 0 Å². The van der Waals surface area contributed by atoms with Gasteiger partial charge in [0.2, 0.25) is 0 Å². The molecular weight excluding hydrogens is 292 g/mol. The van der Waals surface area contributed by atoms with Crippen molar-refractivity contribution in [1.82, 2.24) is 4.90 Å². The Morgan fingerprint density at radius 1 is 1.44 bits per heavy atom. The molecule has 0 bridgehead atoms. The topological polar surface area (TPSA) is 47.3 Å². The van der Waals surface area contributed by atoms with E-state index in [4.69, 9.17) is 0 Å². The van der Waals surface area contributed by atoms with Crippen molar-refractivity contribution in [1.29, 1.82) is 5.26 Å². The molecule has 18 heavy (non-hydrogen) atoms. The zero-order valence-electron chi connectivity index (χ0n) is 9.96. The van der Waals surface area contributed by atoms with Gasteiger partial charge in [-0.2, -0.15) is 5.26 Å². The largest absolute Gasteiger partial charge is 0.395 e. The molecule has 1 aromatic carbocycles. The van der Waals surface area contributed by atoms with E-state index in [0.29, 0.717) is 6.54 Å². The van der Waals surface area contributed by atoms with Crippen LogP contribution in [0.2, 0.25) is 0 Å². The molecule has 2 rings (SSSR count). The summed E-state index contributed by atoms with van der Waals surface area (Å²) in [7, 11) is 0. The highest BCUT2D eigenvalue weighted by Crippen LogP contribution is 2.40. The zero-order chi connectivity index (χ0) is 13.1. The number of halogens is 1. The highest BCUT2D eigenvalue weighted by molar-refractivity contribution is 9.10. The molecule has 0 aromatic heterocycles. The Labute approximate surface area is 115 Å². The highest BCUT2D eigenvalue weighted by Gasteiger charge is 2.48. The molecule has 1 fully saturated rings. The fourth-order valence-electron chi connectivity index (χ4n) is 2.59. The molecule has 1 aliphatic heterocycles. The van der Waals surface area contributed by atoms with Crippen molar-refractivity contribution < 1.29 is 5.11 Å². The molecule has 1 aromatic rings. The number of nitrogens with zero attached hydrogens (tertiary/aromatic N) is 2. The predicted octanol–water partition coefficient (Wildman–Crippen LogP) is 2.29. The molecule has 4 heteroatoms. The first-order valence-electron chi connectivity index (χ1n) is 5.85. The van der Waals surface area contributed by atoms with Gasteiger partial charge in [-0.25, -0.2) is 0 Å². The predicted molar refractivity (Wildman–Crippen MR) is 74.1 cm³/mol. The van der Waals surface area contributed by atoms with Gasteiger partial charge in [-0.05, 0) is 17.7 Å². The second-order valence-corrected chi connectivity index (χ2v) is 5.30. The van der Waals surface area contributed by atoms with Gasteiger partial charge in [0.05, 0.1) is 12.7 Å². The Hall–Kier alpha value is -1.15. The van der Waals surface area contributed by atoms with Crippen LogP contribution in [0.1, 0.15) is 11.5 Å². The van der Waals surface area contributed by atoms with Gasteiger partial charge in [0, 0.05) is 23.0 Å². The minimum Gasteiger partial charge on any atom is -0.395 e. The third-order valence-corrected chi connectivity index (χ3v) is 3.98. The molecule has 1 N–H and O–H groups in total. The summed E-state index contributed by atoms with van der Waals surface area (Å²) >= 11 is 3.40. The fourth-order valence-corrected chi connectivity index (χ4v) is 2.85. The summed E-state index contributed by atoms with van der Waals surface area (Å²) in [6.45, 7) is 4.39. The van der Waals surface area contributed by atoms with E-state index < -0.39 is 0 Å². The Morgan fingerprint density at radius 3 is 2.61 bits per heavy atom. The standard InChI is InChI=1S/C14H15BrN2O/c1-2-7-17-12(8-16)14(13(17)9-18)10-3-5-11(15)6-4-10/h2-6,12-14,18H,1,7,9H2/t12-,13-,14-/m0/s1. The SMILES string of the molecule is C=CCN1[C@@H](C#N)[C@H](c2ccc(Br)cc2)[C@@H]1CO. The molecule has 1 saturated heterocycles. The van der Waals surface area contributed by atoms with E-state index in [1.807, 2.05) is 29.2 Å². The maximum Gasteiger partial charge on any atom is 0.107 e. The summed E-state index contributed by atoms with van der Waals surface area (Å²) in [5.74, 6) is 0.0769. The average molecular weight is 307 g/mol. The number of hydrogen-bond acceptors (Lipinski definition) is 3. The summed E-state index contributed by atoms with van der Waals surface area (Å²) < 4.78 is 1.02. The van der Waals surface area contributed by atoms with Gasteiger partial charge < -0.3 is 5.11 Å². The molecule has 0 radical (unpaired) electrons. The van der Waals surface area contributed by atoms with E-state index in [1.165, 1.54) is 0 Å². The van der Waals surface area contributed by atoms with E-state index >= 15 is 0 Å². The van der Waals surface area contributed by atoms with Gasteiger partial charge >= 0.3 is 0 Å². The van der Waals surface area contributed by atoms with E-state index in [9.17, 15) is 10.4 Å². The van der Waals surface area contributed by atoms with Crippen LogP contribution in [0.3, 0.4) is 0 Å². The second kappa shape index (κ2) is 5.66. The molecule has 0 saturated carbocycles. The number of benzene rings is 1. The quantitative estimate of drug-likeness (QED) is 0.868. The molecular formula is C14H15BrN2O. The van der Waals surface area contributed by atoms with Gasteiger partial charge in [-0.15, -0.1) is 6.58 Å².